The molecule has 1 fully saturated rings. The molecule has 0 amide bonds. The molecule has 0 spiro atoms. The van der Waals surface area contributed by atoms with Crippen LogP contribution in [0.2, 0.25) is 0 Å². The Balaban J connectivity index is 2.04. The van der Waals surface area contributed by atoms with Gasteiger partial charge >= 0.3 is 5.97 Å². The summed E-state index contributed by atoms with van der Waals surface area (Å²) in [6, 6.07) is 6.45. The maximum Gasteiger partial charge on any atom is 0.323 e. The highest BCUT2D eigenvalue weighted by Gasteiger charge is 2.34. The lowest BCUT2D eigenvalue weighted by Gasteiger charge is -2.27. The van der Waals surface area contributed by atoms with Crippen LogP contribution in [0.1, 0.15) is 39.2 Å². The number of nitrogens with zero attached hydrogens (tertiary/aromatic N) is 1. The highest BCUT2D eigenvalue weighted by molar-refractivity contribution is 5.76. The summed E-state index contributed by atoms with van der Waals surface area (Å²) < 4.78 is 19.1. The van der Waals surface area contributed by atoms with E-state index in [0.717, 1.165) is 19.4 Å². The molecule has 0 radical (unpaired) electrons. The Labute approximate surface area is 119 Å². The summed E-state index contributed by atoms with van der Waals surface area (Å²) in [6.07, 6.45) is 1.72. The van der Waals surface area contributed by atoms with Crippen molar-refractivity contribution in [1.29, 1.82) is 0 Å². The Kier molecular flexibility index (Phi) is 4.43. The van der Waals surface area contributed by atoms with Crippen LogP contribution in [-0.2, 0) is 16.1 Å². The second-order valence-corrected chi connectivity index (χ2v) is 6.25. The number of carbonyl (C=O) groups is 1. The maximum absolute atomic E-state index is 13.7. The van der Waals surface area contributed by atoms with Crippen LogP contribution in [-0.4, -0.2) is 29.1 Å². The van der Waals surface area contributed by atoms with Crippen molar-refractivity contribution < 1.29 is 13.9 Å². The van der Waals surface area contributed by atoms with E-state index in [4.69, 9.17) is 4.74 Å². The molecule has 2 rings (SSSR count). The molecule has 0 N–H and O–H groups in total. The number of hydrogen-bond acceptors (Lipinski definition) is 3. The highest BCUT2D eigenvalue weighted by atomic mass is 19.1. The number of carbonyl (C=O) groups excluding carboxylic acids is 1. The van der Waals surface area contributed by atoms with E-state index < -0.39 is 5.60 Å². The topological polar surface area (TPSA) is 29.5 Å². The molecule has 110 valence electrons. The van der Waals surface area contributed by atoms with E-state index in [1.54, 1.807) is 12.1 Å². The Morgan fingerprint density at radius 3 is 2.75 bits per heavy atom. The molecule has 1 aromatic rings. The smallest absolute Gasteiger partial charge is 0.323 e. The van der Waals surface area contributed by atoms with Crippen LogP contribution < -0.4 is 0 Å². The van der Waals surface area contributed by atoms with Crippen LogP contribution in [0.3, 0.4) is 0 Å². The first-order chi connectivity index (χ1) is 9.37. The average molecular weight is 279 g/mol. The molecule has 4 heteroatoms. The molecule has 1 heterocycles. The molecule has 1 saturated heterocycles. The minimum absolute atomic E-state index is 0.202. The molecule has 1 aliphatic rings. The molecule has 3 nitrogen and oxygen atoms in total. The number of hydrogen-bond donors (Lipinski definition) is 0. The van der Waals surface area contributed by atoms with Gasteiger partial charge in [-0.2, -0.15) is 0 Å². The third kappa shape index (κ3) is 3.79. The number of rotatable bonds is 3. The fourth-order valence-electron chi connectivity index (χ4n) is 2.50. The molecular formula is C16H22FNO2. The first kappa shape index (κ1) is 15.0. The van der Waals surface area contributed by atoms with Crippen LogP contribution >= 0.6 is 0 Å². The van der Waals surface area contributed by atoms with Gasteiger partial charge in [0.1, 0.15) is 17.5 Å². The molecule has 1 atom stereocenters. The lowest BCUT2D eigenvalue weighted by molar-refractivity contribution is -0.160. The average Bonchev–Trinajstić information content (AvgIpc) is 2.78. The van der Waals surface area contributed by atoms with Gasteiger partial charge in [0.25, 0.3) is 0 Å². The maximum atomic E-state index is 13.7. The highest BCUT2D eigenvalue weighted by Crippen LogP contribution is 2.23. The van der Waals surface area contributed by atoms with E-state index in [9.17, 15) is 9.18 Å². The summed E-state index contributed by atoms with van der Waals surface area (Å²) in [5.41, 5.74) is 0.145. The molecule has 0 bridgehead atoms. The zero-order chi connectivity index (χ0) is 14.8. The molecule has 0 aromatic heterocycles. The summed E-state index contributed by atoms with van der Waals surface area (Å²) >= 11 is 0. The normalized spacial score (nSPS) is 20.1. The summed E-state index contributed by atoms with van der Waals surface area (Å²) in [7, 11) is 0. The van der Waals surface area contributed by atoms with Crippen LogP contribution in [0.5, 0.6) is 0 Å². The molecule has 20 heavy (non-hydrogen) atoms. The number of benzene rings is 1. The Hall–Kier alpha value is -1.42. The molecule has 0 unspecified atom stereocenters. The molecule has 0 saturated carbocycles. The monoisotopic (exact) mass is 279 g/mol. The number of likely N-dealkylation sites (tertiary alicyclic amines) is 1. The van der Waals surface area contributed by atoms with Gasteiger partial charge in [-0.25, -0.2) is 4.39 Å². The van der Waals surface area contributed by atoms with E-state index >= 15 is 0 Å². The quantitative estimate of drug-likeness (QED) is 0.796. The summed E-state index contributed by atoms with van der Waals surface area (Å²) in [5.74, 6) is -0.423. The van der Waals surface area contributed by atoms with E-state index in [1.165, 1.54) is 6.07 Å². The molecular weight excluding hydrogens is 257 g/mol. The van der Waals surface area contributed by atoms with Crippen LogP contribution in [0.15, 0.2) is 24.3 Å². The van der Waals surface area contributed by atoms with Crippen molar-refractivity contribution in [2.75, 3.05) is 6.54 Å². The largest absolute Gasteiger partial charge is 0.459 e. The van der Waals surface area contributed by atoms with Gasteiger partial charge in [-0.3, -0.25) is 9.69 Å². The summed E-state index contributed by atoms with van der Waals surface area (Å²) in [6.45, 7) is 6.85. The van der Waals surface area contributed by atoms with Crippen LogP contribution in [0, 0.1) is 5.82 Å². The van der Waals surface area contributed by atoms with Gasteiger partial charge in [-0.05, 0) is 46.2 Å². The Bertz CT molecular complexity index is 482. The van der Waals surface area contributed by atoms with Crippen molar-refractivity contribution >= 4 is 5.97 Å². The van der Waals surface area contributed by atoms with E-state index in [2.05, 4.69) is 0 Å². The van der Waals surface area contributed by atoms with Crippen molar-refractivity contribution in [3.63, 3.8) is 0 Å². The van der Waals surface area contributed by atoms with Crippen LogP contribution in [0.4, 0.5) is 4.39 Å². The third-order valence-corrected chi connectivity index (χ3v) is 3.37. The minimum Gasteiger partial charge on any atom is -0.459 e. The lowest BCUT2D eigenvalue weighted by Crippen LogP contribution is -2.40. The predicted octanol–water partition coefficient (Wildman–Crippen LogP) is 3.13. The van der Waals surface area contributed by atoms with Gasteiger partial charge in [0.15, 0.2) is 0 Å². The summed E-state index contributed by atoms with van der Waals surface area (Å²) in [4.78, 5) is 14.2. The zero-order valence-corrected chi connectivity index (χ0v) is 12.4. The van der Waals surface area contributed by atoms with Crippen molar-refractivity contribution in [3.8, 4) is 0 Å². The number of ether oxygens (including phenoxy) is 1. The Morgan fingerprint density at radius 1 is 1.40 bits per heavy atom. The minimum atomic E-state index is -0.483. The van der Waals surface area contributed by atoms with Gasteiger partial charge in [-0.1, -0.05) is 18.2 Å². The third-order valence-electron chi connectivity index (χ3n) is 3.37. The van der Waals surface area contributed by atoms with E-state index in [-0.39, 0.29) is 17.8 Å². The second kappa shape index (κ2) is 5.92. The second-order valence-electron chi connectivity index (χ2n) is 6.25. The van der Waals surface area contributed by atoms with Crippen molar-refractivity contribution in [2.24, 2.45) is 0 Å². The Morgan fingerprint density at radius 2 is 2.10 bits per heavy atom. The van der Waals surface area contributed by atoms with Crippen molar-refractivity contribution in [3.05, 3.63) is 35.6 Å². The number of esters is 1. The van der Waals surface area contributed by atoms with Gasteiger partial charge in [0.2, 0.25) is 0 Å². The van der Waals surface area contributed by atoms with E-state index in [0.29, 0.717) is 12.1 Å². The van der Waals surface area contributed by atoms with Crippen LogP contribution in [0.25, 0.3) is 0 Å². The lowest BCUT2D eigenvalue weighted by atomic mass is 10.1. The molecule has 1 aliphatic heterocycles. The fraction of sp³-hybridized carbons (Fsp3) is 0.562. The molecule has 0 aliphatic carbocycles. The van der Waals surface area contributed by atoms with Gasteiger partial charge in [-0.15, -0.1) is 0 Å². The van der Waals surface area contributed by atoms with Gasteiger partial charge < -0.3 is 4.74 Å². The van der Waals surface area contributed by atoms with Gasteiger partial charge in [0.05, 0.1) is 0 Å². The number of halogens is 1. The van der Waals surface area contributed by atoms with Crippen molar-refractivity contribution in [2.45, 2.75) is 51.8 Å². The SMILES string of the molecule is CC(C)(C)OC(=O)[C@@H]1CCCN1Cc1ccccc1F. The fourth-order valence-corrected chi connectivity index (χ4v) is 2.50. The summed E-state index contributed by atoms with van der Waals surface area (Å²) in [5, 5.41) is 0. The van der Waals surface area contributed by atoms with Crippen molar-refractivity contribution in [1.82, 2.24) is 4.90 Å². The molecule has 1 aromatic carbocycles. The van der Waals surface area contributed by atoms with Gasteiger partial charge in [0, 0.05) is 12.1 Å². The first-order valence-corrected chi connectivity index (χ1v) is 7.07. The standard InChI is InChI=1S/C16H22FNO2/c1-16(2,3)20-15(19)14-9-6-10-18(14)11-12-7-4-5-8-13(12)17/h4-5,7-8,14H,6,9-11H2,1-3H3/t14-/m0/s1. The zero-order valence-electron chi connectivity index (χ0n) is 12.4. The predicted molar refractivity (Wildman–Crippen MR) is 75.7 cm³/mol. The van der Waals surface area contributed by atoms with E-state index in [1.807, 2.05) is 31.7 Å². The first-order valence-electron chi connectivity index (χ1n) is 7.07.